The molecule has 0 saturated heterocycles. The van der Waals surface area contributed by atoms with Crippen molar-refractivity contribution in [2.24, 2.45) is 0 Å². The predicted molar refractivity (Wildman–Crippen MR) is 102 cm³/mol. The fourth-order valence-corrected chi connectivity index (χ4v) is 3.22. The molecular weight excluding hydrogens is 398 g/mol. The lowest BCUT2D eigenvalue weighted by Gasteiger charge is -2.11. The van der Waals surface area contributed by atoms with E-state index in [1.54, 1.807) is 13.8 Å². The maximum atomic E-state index is 12.9. The molecule has 0 atom stereocenters. The van der Waals surface area contributed by atoms with Gasteiger partial charge in [-0.25, -0.2) is 0 Å². The number of para-hydroxylation sites is 1. The molecule has 1 aromatic carbocycles. The van der Waals surface area contributed by atoms with Crippen LogP contribution in [0.1, 0.15) is 53.0 Å². The molecule has 0 aliphatic carbocycles. The summed E-state index contributed by atoms with van der Waals surface area (Å²) in [5.74, 6) is 2.13. The van der Waals surface area contributed by atoms with Crippen molar-refractivity contribution in [3.05, 3.63) is 51.1 Å². The molecule has 26 heavy (non-hydrogen) atoms. The van der Waals surface area contributed by atoms with E-state index in [9.17, 15) is 4.79 Å². The zero-order chi connectivity index (χ0) is 19.0. The average Bonchev–Trinajstić information content (AvgIpc) is 3.15. The van der Waals surface area contributed by atoms with Gasteiger partial charge in [0, 0.05) is 5.92 Å². The number of hydrogen-bond acceptors (Lipinski definition) is 5. The summed E-state index contributed by atoms with van der Waals surface area (Å²) in [6.45, 7) is 9.48. The molecule has 3 aromatic rings. The first-order chi connectivity index (χ1) is 12.3. The summed E-state index contributed by atoms with van der Waals surface area (Å²) < 4.78 is 11.6. The second kappa shape index (κ2) is 7.07. The third kappa shape index (κ3) is 3.31. The topological polar surface area (TPSA) is 81.2 Å². The van der Waals surface area contributed by atoms with Gasteiger partial charge in [-0.05, 0) is 48.3 Å². The molecule has 0 radical (unpaired) electrons. The average molecular weight is 418 g/mol. The largest absolute Gasteiger partial charge is 0.465 e. The normalized spacial score (nSPS) is 11.2. The Balaban J connectivity index is 2.01. The van der Waals surface area contributed by atoms with Crippen LogP contribution in [-0.2, 0) is 0 Å². The van der Waals surface area contributed by atoms with Crippen LogP contribution < -0.4 is 5.32 Å². The maximum Gasteiger partial charge on any atom is 0.260 e. The number of nitrogens with one attached hydrogen (secondary N) is 1. The highest BCUT2D eigenvalue weighted by Gasteiger charge is 2.23. The van der Waals surface area contributed by atoms with E-state index in [1.807, 2.05) is 39.0 Å². The molecule has 0 aliphatic heterocycles. The minimum Gasteiger partial charge on any atom is -0.465 e. The van der Waals surface area contributed by atoms with Crippen molar-refractivity contribution >= 4 is 27.5 Å². The van der Waals surface area contributed by atoms with Crippen molar-refractivity contribution in [3.8, 4) is 11.5 Å². The number of nitrogens with zero attached hydrogens (tertiary/aromatic N) is 2. The van der Waals surface area contributed by atoms with Gasteiger partial charge in [0.15, 0.2) is 5.82 Å². The lowest BCUT2D eigenvalue weighted by atomic mass is 10.1. The number of hydrogen-bond donors (Lipinski definition) is 1. The number of furan rings is 1. The summed E-state index contributed by atoms with van der Waals surface area (Å²) in [6.07, 6.45) is 0. The van der Waals surface area contributed by atoms with Gasteiger partial charge in [0.2, 0.25) is 0 Å². The molecule has 7 heteroatoms. The van der Waals surface area contributed by atoms with Crippen molar-refractivity contribution in [2.45, 2.75) is 40.5 Å². The fourth-order valence-electron chi connectivity index (χ4n) is 2.68. The molecule has 0 unspecified atom stereocenters. The van der Waals surface area contributed by atoms with E-state index in [2.05, 4.69) is 31.4 Å². The molecule has 136 valence electrons. The molecule has 6 nitrogen and oxygen atoms in total. The third-order valence-corrected chi connectivity index (χ3v) is 5.07. The molecule has 0 aliphatic rings. The monoisotopic (exact) mass is 417 g/mol. The van der Waals surface area contributed by atoms with Gasteiger partial charge in [-0.3, -0.25) is 4.79 Å². The van der Waals surface area contributed by atoms with Crippen LogP contribution in [0.5, 0.6) is 0 Å². The van der Waals surface area contributed by atoms with Crippen LogP contribution in [0.2, 0.25) is 0 Å². The van der Waals surface area contributed by atoms with Crippen LogP contribution in [0, 0.1) is 20.8 Å². The van der Waals surface area contributed by atoms with E-state index >= 15 is 0 Å². The zero-order valence-electron chi connectivity index (χ0n) is 15.3. The third-order valence-electron chi connectivity index (χ3n) is 4.11. The van der Waals surface area contributed by atoms with E-state index in [-0.39, 0.29) is 11.8 Å². The van der Waals surface area contributed by atoms with Crippen molar-refractivity contribution in [1.82, 2.24) is 10.1 Å². The number of benzene rings is 1. The molecule has 0 saturated carbocycles. The van der Waals surface area contributed by atoms with Gasteiger partial charge in [-0.2, -0.15) is 4.98 Å². The summed E-state index contributed by atoms with van der Waals surface area (Å²) in [6, 6.07) is 5.66. The number of rotatable bonds is 4. The molecule has 3 rings (SSSR count). The number of aromatic nitrogens is 2. The van der Waals surface area contributed by atoms with Crippen LogP contribution in [0.3, 0.4) is 0 Å². The van der Waals surface area contributed by atoms with Crippen molar-refractivity contribution in [1.29, 1.82) is 0 Å². The summed E-state index contributed by atoms with van der Waals surface area (Å²) in [7, 11) is 0. The first kappa shape index (κ1) is 18.4. The second-order valence-electron chi connectivity index (χ2n) is 6.47. The van der Waals surface area contributed by atoms with Gasteiger partial charge in [0.05, 0.1) is 21.3 Å². The van der Waals surface area contributed by atoms with Gasteiger partial charge in [-0.15, -0.1) is 0 Å². The molecule has 2 aromatic heterocycles. The van der Waals surface area contributed by atoms with E-state index in [0.717, 1.165) is 5.56 Å². The Morgan fingerprint density at radius 3 is 2.50 bits per heavy atom. The van der Waals surface area contributed by atoms with Gasteiger partial charge >= 0.3 is 0 Å². The highest BCUT2D eigenvalue weighted by Crippen LogP contribution is 2.33. The molecular formula is C19H20BrN3O3. The van der Waals surface area contributed by atoms with Gasteiger partial charge in [0.1, 0.15) is 11.5 Å². The standard InChI is InChI=1S/C19H20BrN3O3/c1-9(2)17-22-19(26-23-17)13-8-6-7-10(3)16(13)21-18(24)14-11(4)25-12(5)15(14)20/h6-9H,1-5H3,(H,21,24). The van der Waals surface area contributed by atoms with Gasteiger partial charge in [-0.1, -0.05) is 31.1 Å². The van der Waals surface area contributed by atoms with Crippen molar-refractivity contribution in [2.75, 3.05) is 5.32 Å². The van der Waals surface area contributed by atoms with Crippen LogP contribution in [0.15, 0.2) is 31.6 Å². The Hall–Kier alpha value is -2.41. The first-order valence-electron chi connectivity index (χ1n) is 8.30. The predicted octanol–water partition coefficient (Wildman–Crippen LogP) is 5.39. The second-order valence-corrected chi connectivity index (χ2v) is 7.26. The van der Waals surface area contributed by atoms with Crippen LogP contribution in [0.25, 0.3) is 11.5 Å². The number of halogens is 1. The first-order valence-corrected chi connectivity index (χ1v) is 9.09. The lowest BCUT2D eigenvalue weighted by molar-refractivity contribution is 0.102. The quantitative estimate of drug-likeness (QED) is 0.614. The Morgan fingerprint density at radius 2 is 1.92 bits per heavy atom. The van der Waals surface area contributed by atoms with Crippen LogP contribution >= 0.6 is 15.9 Å². The van der Waals surface area contributed by atoms with Crippen LogP contribution in [-0.4, -0.2) is 16.0 Å². The Kier molecular flexibility index (Phi) is 5.00. The SMILES string of the molecule is Cc1cccc(-c2nc(C(C)C)no2)c1NC(=O)c1c(C)oc(C)c1Br. The molecule has 0 spiro atoms. The number of carbonyl (C=O) groups is 1. The van der Waals surface area contributed by atoms with Crippen molar-refractivity contribution in [3.63, 3.8) is 0 Å². The molecule has 0 bridgehead atoms. The van der Waals surface area contributed by atoms with E-state index in [4.69, 9.17) is 8.94 Å². The molecule has 2 heterocycles. The summed E-state index contributed by atoms with van der Waals surface area (Å²) >= 11 is 3.42. The number of anilines is 1. The Morgan fingerprint density at radius 1 is 1.19 bits per heavy atom. The Labute approximate surface area is 160 Å². The Bertz CT molecular complexity index is 973. The lowest BCUT2D eigenvalue weighted by Crippen LogP contribution is -2.14. The van der Waals surface area contributed by atoms with Gasteiger partial charge < -0.3 is 14.3 Å². The van der Waals surface area contributed by atoms with E-state index < -0.39 is 0 Å². The number of aryl methyl sites for hydroxylation is 3. The minimum absolute atomic E-state index is 0.155. The molecule has 1 N–H and O–H groups in total. The summed E-state index contributed by atoms with van der Waals surface area (Å²) in [5, 5.41) is 6.98. The smallest absolute Gasteiger partial charge is 0.260 e. The fraction of sp³-hybridized carbons (Fsp3) is 0.316. The summed E-state index contributed by atoms with van der Waals surface area (Å²) in [5.41, 5.74) is 2.70. The zero-order valence-corrected chi connectivity index (χ0v) is 16.9. The van der Waals surface area contributed by atoms with Crippen molar-refractivity contribution < 1.29 is 13.7 Å². The van der Waals surface area contributed by atoms with E-state index in [0.29, 0.717) is 44.5 Å². The minimum atomic E-state index is -0.259. The maximum absolute atomic E-state index is 12.9. The molecule has 0 fully saturated rings. The van der Waals surface area contributed by atoms with E-state index in [1.165, 1.54) is 0 Å². The van der Waals surface area contributed by atoms with Gasteiger partial charge in [0.25, 0.3) is 11.8 Å². The summed E-state index contributed by atoms with van der Waals surface area (Å²) in [4.78, 5) is 17.3. The highest BCUT2D eigenvalue weighted by atomic mass is 79.9. The highest BCUT2D eigenvalue weighted by molar-refractivity contribution is 9.10. The number of amides is 1. The number of carbonyl (C=O) groups excluding carboxylic acids is 1. The molecule has 1 amide bonds. The van der Waals surface area contributed by atoms with Crippen LogP contribution in [0.4, 0.5) is 5.69 Å².